The largest absolute Gasteiger partial charge is 0.467 e. The molecule has 2 rings (SSSR count). The molecule has 0 saturated carbocycles. The molecule has 1 heterocycles. The van der Waals surface area contributed by atoms with E-state index in [1.165, 1.54) is 7.11 Å². The minimum Gasteiger partial charge on any atom is -0.467 e. The van der Waals surface area contributed by atoms with E-state index >= 15 is 0 Å². The normalized spacial score (nSPS) is 17.0. The average molecular weight is 290 g/mol. The molecule has 1 aliphatic rings. The van der Waals surface area contributed by atoms with Crippen LogP contribution in [-0.4, -0.2) is 37.6 Å². The molecule has 5 heteroatoms. The van der Waals surface area contributed by atoms with Crippen molar-refractivity contribution in [3.05, 3.63) is 30.3 Å². The molecule has 0 unspecified atom stereocenters. The molecule has 0 radical (unpaired) electrons. The number of methoxy groups -OCH3 is 1. The number of ether oxygens (including phenoxy) is 1. The Kier molecular flexibility index (Phi) is 4.96. The van der Waals surface area contributed by atoms with Gasteiger partial charge in [-0.25, -0.2) is 4.79 Å². The van der Waals surface area contributed by atoms with E-state index in [1.54, 1.807) is 4.90 Å². The van der Waals surface area contributed by atoms with Gasteiger partial charge in [0.25, 0.3) is 0 Å². The van der Waals surface area contributed by atoms with Gasteiger partial charge in [-0.3, -0.25) is 9.69 Å². The Hall–Kier alpha value is -1.88. The molecule has 0 bridgehead atoms. The van der Waals surface area contributed by atoms with E-state index in [0.717, 1.165) is 5.69 Å². The summed E-state index contributed by atoms with van der Waals surface area (Å²) in [6.45, 7) is 3.19. The van der Waals surface area contributed by atoms with E-state index in [2.05, 4.69) is 5.32 Å². The van der Waals surface area contributed by atoms with Crippen LogP contribution in [0.25, 0.3) is 0 Å². The zero-order chi connectivity index (χ0) is 15.3. The molecular formula is C16H22N2O3. The third-order valence-electron chi connectivity index (χ3n) is 3.99. The maximum atomic E-state index is 12.5. The molecule has 0 aliphatic carbocycles. The van der Waals surface area contributed by atoms with Crippen molar-refractivity contribution >= 4 is 17.6 Å². The number of hydrogen-bond acceptors (Lipinski definition) is 4. The van der Waals surface area contributed by atoms with E-state index in [-0.39, 0.29) is 11.9 Å². The number of carbonyl (C=O) groups is 2. The Labute approximate surface area is 125 Å². The van der Waals surface area contributed by atoms with Gasteiger partial charge in [-0.05, 0) is 38.1 Å². The van der Waals surface area contributed by atoms with Crippen LogP contribution in [0.5, 0.6) is 0 Å². The Balaban J connectivity index is 2.50. The van der Waals surface area contributed by atoms with Crippen LogP contribution < -0.4 is 10.2 Å². The van der Waals surface area contributed by atoms with E-state index in [9.17, 15) is 9.59 Å². The van der Waals surface area contributed by atoms with E-state index < -0.39 is 5.54 Å². The van der Waals surface area contributed by atoms with Crippen LogP contribution in [0.2, 0.25) is 0 Å². The van der Waals surface area contributed by atoms with Gasteiger partial charge in [-0.1, -0.05) is 25.1 Å². The number of piperidine rings is 1. The third-order valence-corrected chi connectivity index (χ3v) is 3.99. The fourth-order valence-electron chi connectivity index (χ4n) is 2.91. The predicted molar refractivity (Wildman–Crippen MR) is 81.1 cm³/mol. The maximum Gasteiger partial charge on any atom is 0.332 e. The summed E-state index contributed by atoms with van der Waals surface area (Å²) in [4.78, 5) is 26.7. The highest BCUT2D eigenvalue weighted by Gasteiger charge is 2.48. The van der Waals surface area contributed by atoms with Crippen LogP contribution >= 0.6 is 0 Å². The minimum absolute atomic E-state index is 0.0616. The summed E-state index contributed by atoms with van der Waals surface area (Å²) in [6, 6.07) is 9.36. The highest BCUT2D eigenvalue weighted by atomic mass is 16.5. The first kappa shape index (κ1) is 15.5. The van der Waals surface area contributed by atoms with Crippen molar-refractivity contribution < 1.29 is 14.3 Å². The van der Waals surface area contributed by atoms with Crippen LogP contribution in [0.1, 0.15) is 26.2 Å². The second-order valence-electron chi connectivity index (χ2n) is 5.19. The van der Waals surface area contributed by atoms with Gasteiger partial charge in [0.05, 0.1) is 7.11 Å². The van der Waals surface area contributed by atoms with Crippen molar-refractivity contribution in [2.75, 3.05) is 25.1 Å². The Morgan fingerprint density at radius 3 is 2.38 bits per heavy atom. The number of carbonyl (C=O) groups excluding carboxylic acids is 2. The van der Waals surface area contributed by atoms with Crippen molar-refractivity contribution in [2.24, 2.45) is 0 Å². The highest BCUT2D eigenvalue weighted by Crippen LogP contribution is 2.33. The molecule has 1 N–H and O–H groups in total. The molecule has 1 aliphatic heterocycles. The molecular weight excluding hydrogens is 268 g/mol. The Morgan fingerprint density at radius 2 is 1.86 bits per heavy atom. The number of anilines is 1. The minimum atomic E-state index is -0.908. The fraction of sp³-hybridized carbons (Fsp3) is 0.500. The quantitative estimate of drug-likeness (QED) is 0.858. The Morgan fingerprint density at radius 1 is 1.24 bits per heavy atom. The molecule has 1 amide bonds. The second-order valence-corrected chi connectivity index (χ2v) is 5.19. The Bertz CT molecular complexity index is 496. The summed E-state index contributed by atoms with van der Waals surface area (Å²) in [5.74, 6) is -0.400. The predicted octanol–water partition coefficient (Wildman–Crippen LogP) is 1.72. The molecule has 1 aromatic carbocycles. The van der Waals surface area contributed by atoms with Crippen molar-refractivity contribution in [1.82, 2.24) is 5.32 Å². The molecule has 0 spiro atoms. The van der Waals surface area contributed by atoms with Gasteiger partial charge in [-0.15, -0.1) is 0 Å². The summed E-state index contributed by atoms with van der Waals surface area (Å²) in [7, 11) is 1.38. The second kappa shape index (κ2) is 6.72. The molecule has 21 heavy (non-hydrogen) atoms. The molecule has 0 aromatic heterocycles. The van der Waals surface area contributed by atoms with Crippen LogP contribution in [0.15, 0.2) is 30.3 Å². The number of nitrogens with zero attached hydrogens (tertiary/aromatic N) is 1. The van der Waals surface area contributed by atoms with Gasteiger partial charge in [0.15, 0.2) is 0 Å². The SMILES string of the molecule is CCC(=O)N(c1ccccc1)C1(C(=O)OC)CCNCC1. The number of rotatable bonds is 4. The van der Waals surface area contributed by atoms with Crippen LogP contribution in [0.4, 0.5) is 5.69 Å². The van der Waals surface area contributed by atoms with Gasteiger partial charge in [0.1, 0.15) is 5.54 Å². The first-order chi connectivity index (χ1) is 10.2. The zero-order valence-electron chi connectivity index (χ0n) is 12.6. The van der Waals surface area contributed by atoms with Crippen molar-refractivity contribution in [3.63, 3.8) is 0 Å². The van der Waals surface area contributed by atoms with Crippen molar-refractivity contribution in [2.45, 2.75) is 31.7 Å². The first-order valence-corrected chi connectivity index (χ1v) is 7.33. The molecule has 0 atom stereocenters. The van der Waals surface area contributed by atoms with E-state index in [4.69, 9.17) is 4.74 Å². The van der Waals surface area contributed by atoms with Gasteiger partial charge in [0, 0.05) is 12.1 Å². The number of para-hydroxylation sites is 1. The smallest absolute Gasteiger partial charge is 0.332 e. The van der Waals surface area contributed by atoms with Gasteiger partial charge in [0.2, 0.25) is 5.91 Å². The highest BCUT2D eigenvalue weighted by molar-refractivity contribution is 6.02. The average Bonchev–Trinajstić information content (AvgIpc) is 2.55. The molecule has 114 valence electrons. The monoisotopic (exact) mass is 290 g/mol. The lowest BCUT2D eigenvalue weighted by Gasteiger charge is -2.44. The molecule has 1 fully saturated rings. The number of esters is 1. The molecule has 5 nitrogen and oxygen atoms in total. The molecule has 1 aromatic rings. The van der Waals surface area contributed by atoms with Crippen molar-refractivity contribution in [3.8, 4) is 0 Å². The number of nitrogens with one attached hydrogen (secondary N) is 1. The summed E-state index contributed by atoms with van der Waals surface area (Å²) < 4.78 is 5.03. The van der Waals surface area contributed by atoms with Gasteiger partial charge >= 0.3 is 5.97 Å². The lowest BCUT2D eigenvalue weighted by Crippen LogP contribution is -2.62. The van der Waals surface area contributed by atoms with Gasteiger partial charge < -0.3 is 10.1 Å². The maximum absolute atomic E-state index is 12.5. The van der Waals surface area contributed by atoms with Gasteiger partial charge in [-0.2, -0.15) is 0 Å². The first-order valence-electron chi connectivity index (χ1n) is 7.33. The standard InChI is InChI=1S/C16H22N2O3/c1-3-14(19)18(13-7-5-4-6-8-13)16(15(20)21-2)9-11-17-12-10-16/h4-8,17H,3,9-12H2,1-2H3. The lowest BCUT2D eigenvalue weighted by atomic mass is 9.85. The number of benzene rings is 1. The summed E-state index contributed by atoms with van der Waals surface area (Å²) in [5.41, 5.74) is -0.161. The van der Waals surface area contributed by atoms with E-state index in [0.29, 0.717) is 32.4 Å². The molecule has 1 saturated heterocycles. The topological polar surface area (TPSA) is 58.6 Å². The lowest BCUT2D eigenvalue weighted by molar-refractivity contribution is -0.150. The summed E-state index contributed by atoms with van der Waals surface area (Å²) in [6.07, 6.45) is 1.46. The van der Waals surface area contributed by atoms with Crippen LogP contribution in [0, 0.1) is 0 Å². The zero-order valence-corrected chi connectivity index (χ0v) is 12.6. The van der Waals surface area contributed by atoms with Crippen molar-refractivity contribution in [1.29, 1.82) is 0 Å². The number of hydrogen-bond donors (Lipinski definition) is 1. The summed E-state index contributed by atoms with van der Waals surface area (Å²) in [5, 5.41) is 3.24. The van der Waals surface area contributed by atoms with Crippen LogP contribution in [-0.2, 0) is 14.3 Å². The summed E-state index contributed by atoms with van der Waals surface area (Å²) >= 11 is 0. The van der Waals surface area contributed by atoms with Crippen LogP contribution in [0.3, 0.4) is 0 Å². The van der Waals surface area contributed by atoms with E-state index in [1.807, 2.05) is 37.3 Å². The number of amides is 1. The third kappa shape index (κ3) is 2.93. The fourth-order valence-corrected chi connectivity index (χ4v) is 2.91.